The number of amides is 1. The highest BCUT2D eigenvalue weighted by atomic mass is 16.7. The minimum Gasteiger partial charge on any atom is -0.353 e. The molecule has 3 aliphatic heterocycles. The van der Waals surface area contributed by atoms with E-state index in [0.29, 0.717) is 47.2 Å². The van der Waals surface area contributed by atoms with Gasteiger partial charge in [0.25, 0.3) is 0 Å². The average molecular weight is 570 g/mol. The fourth-order valence-corrected chi connectivity index (χ4v) is 12.0. The normalized spacial score (nSPS) is 52.0. The zero-order valence-electron chi connectivity index (χ0n) is 26.8. The lowest BCUT2D eigenvalue weighted by Crippen LogP contribution is -2.56. The summed E-state index contributed by atoms with van der Waals surface area (Å²) in [5.74, 6) is 5.09. The molecule has 0 radical (unpaired) electrons. The summed E-state index contributed by atoms with van der Waals surface area (Å²) in [5, 5.41) is 3.49. The van der Waals surface area contributed by atoms with E-state index in [1.807, 2.05) is 0 Å². The van der Waals surface area contributed by atoms with Crippen LogP contribution in [0.1, 0.15) is 98.3 Å². The third kappa shape index (κ3) is 4.84. The lowest BCUT2D eigenvalue weighted by Gasteiger charge is -2.61. The number of ether oxygens (including phenoxy) is 2. The Labute approximate surface area is 250 Å². The standard InChI is InChI=1S/C35H59N3O3/c1-23-8-14-35(40-22-23)24(2)32-30(41-35)21-29-27-7-6-25-20-26(9-12-33(25,3)28(27)10-13-34(29,32)4)36-31(39)11-15-38-18-16-37(5)17-19-38/h23-30,32H,6-22H2,1-5H3,(H,36,39)/t23-,24-,25+,26?,27+,28-,29-,30-,32-,33-,34-,35+/m0/s1. The van der Waals surface area contributed by atoms with E-state index in [1.165, 1.54) is 57.8 Å². The molecule has 0 aromatic carbocycles. The maximum atomic E-state index is 12.9. The Morgan fingerprint density at radius 1 is 0.902 bits per heavy atom. The van der Waals surface area contributed by atoms with Gasteiger partial charge in [-0.05, 0) is 111 Å². The van der Waals surface area contributed by atoms with Gasteiger partial charge in [-0.1, -0.05) is 27.7 Å². The maximum Gasteiger partial charge on any atom is 0.221 e. The highest BCUT2D eigenvalue weighted by Crippen LogP contribution is 2.71. The van der Waals surface area contributed by atoms with Gasteiger partial charge in [-0.15, -0.1) is 0 Å². The Morgan fingerprint density at radius 2 is 1.68 bits per heavy atom. The van der Waals surface area contributed by atoms with E-state index in [2.05, 4.69) is 49.9 Å². The van der Waals surface area contributed by atoms with Gasteiger partial charge in [0, 0.05) is 57.5 Å². The smallest absolute Gasteiger partial charge is 0.221 e. The van der Waals surface area contributed by atoms with Gasteiger partial charge in [-0.2, -0.15) is 0 Å². The van der Waals surface area contributed by atoms with E-state index >= 15 is 0 Å². The van der Waals surface area contributed by atoms with Crippen LogP contribution in [-0.2, 0) is 14.3 Å². The second kappa shape index (κ2) is 10.7. The van der Waals surface area contributed by atoms with Crippen molar-refractivity contribution < 1.29 is 14.3 Å². The summed E-state index contributed by atoms with van der Waals surface area (Å²) < 4.78 is 13.5. The Kier molecular flexibility index (Phi) is 7.60. The number of carbonyl (C=O) groups is 1. The molecule has 232 valence electrons. The summed E-state index contributed by atoms with van der Waals surface area (Å²) in [6.07, 6.45) is 13.8. The van der Waals surface area contributed by atoms with Crippen molar-refractivity contribution in [1.29, 1.82) is 0 Å². The van der Waals surface area contributed by atoms with E-state index in [1.54, 1.807) is 0 Å². The zero-order chi connectivity index (χ0) is 28.6. The molecular formula is C35H59N3O3. The van der Waals surface area contributed by atoms with Gasteiger partial charge in [0.2, 0.25) is 5.91 Å². The average Bonchev–Trinajstić information content (AvgIpc) is 3.40. The van der Waals surface area contributed by atoms with Crippen LogP contribution in [-0.4, -0.2) is 80.0 Å². The van der Waals surface area contributed by atoms with Crippen molar-refractivity contribution in [2.75, 3.05) is 46.4 Å². The van der Waals surface area contributed by atoms with Crippen molar-refractivity contribution in [3.05, 3.63) is 0 Å². The number of nitrogens with zero attached hydrogens (tertiary/aromatic N) is 2. The molecule has 3 saturated heterocycles. The first-order chi connectivity index (χ1) is 19.6. The van der Waals surface area contributed by atoms with Crippen LogP contribution >= 0.6 is 0 Å². The monoisotopic (exact) mass is 569 g/mol. The molecule has 6 heteroatoms. The van der Waals surface area contributed by atoms with Crippen LogP contribution in [0.3, 0.4) is 0 Å². The highest BCUT2D eigenvalue weighted by molar-refractivity contribution is 5.76. The summed E-state index contributed by atoms with van der Waals surface area (Å²) in [7, 11) is 2.19. The van der Waals surface area contributed by atoms with E-state index < -0.39 is 0 Å². The van der Waals surface area contributed by atoms with Gasteiger partial charge >= 0.3 is 0 Å². The van der Waals surface area contributed by atoms with Gasteiger partial charge in [0.1, 0.15) is 0 Å². The van der Waals surface area contributed by atoms with Crippen LogP contribution in [0.2, 0.25) is 0 Å². The van der Waals surface area contributed by atoms with E-state index in [-0.39, 0.29) is 11.7 Å². The molecule has 12 atom stereocenters. The minimum absolute atomic E-state index is 0.278. The molecule has 41 heavy (non-hydrogen) atoms. The maximum absolute atomic E-state index is 12.9. The first-order valence-electron chi connectivity index (χ1n) is 17.6. The Bertz CT molecular complexity index is 974. The number of hydrogen-bond acceptors (Lipinski definition) is 5. The number of rotatable bonds is 4. The molecule has 3 heterocycles. The van der Waals surface area contributed by atoms with Crippen molar-refractivity contribution in [2.45, 2.75) is 116 Å². The molecular weight excluding hydrogens is 510 g/mol. The summed E-state index contributed by atoms with van der Waals surface area (Å²) in [6, 6.07) is 0.382. The number of piperazine rings is 1. The molecule has 7 rings (SSSR count). The van der Waals surface area contributed by atoms with E-state index in [0.717, 1.165) is 69.4 Å². The molecule has 6 nitrogen and oxygen atoms in total. The second-order valence-corrected chi connectivity index (χ2v) is 16.6. The molecule has 4 aliphatic carbocycles. The van der Waals surface area contributed by atoms with Gasteiger partial charge in [0.15, 0.2) is 5.79 Å². The summed E-state index contributed by atoms with van der Waals surface area (Å²) in [4.78, 5) is 17.8. The molecule has 7 aliphatic rings. The van der Waals surface area contributed by atoms with Crippen LogP contribution in [0.25, 0.3) is 0 Å². The van der Waals surface area contributed by atoms with Crippen LogP contribution in [0.5, 0.6) is 0 Å². The van der Waals surface area contributed by atoms with E-state index in [9.17, 15) is 4.79 Å². The predicted octanol–water partition coefficient (Wildman–Crippen LogP) is 5.56. The zero-order valence-corrected chi connectivity index (χ0v) is 26.8. The lowest BCUT2D eigenvalue weighted by molar-refractivity contribution is -0.273. The van der Waals surface area contributed by atoms with Crippen molar-refractivity contribution in [2.24, 2.45) is 52.3 Å². The third-order valence-electron chi connectivity index (χ3n) is 14.5. The first kappa shape index (κ1) is 29.0. The molecule has 1 N–H and O–H groups in total. The first-order valence-corrected chi connectivity index (χ1v) is 17.6. The molecule has 1 amide bonds. The van der Waals surface area contributed by atoms with Crippen molar-refractivity contribution in [1.82, 2.24) is 15.1 Å². The van der Waals surface area contributed by atoms with Gasteiger partial charge in [0.05, 0.1) is 12.7 Å². The van der Waals surface area contributed by atoms with Crippen molar-refractivity contribution >= 4 is 5.91 Å². The largest absolute Gasteiger partial charge is 0.353 e. The van der Waals surface area contributed by atoms with Gasteiger partial charge in [-0.3, -0.25) is 4.79 Å². The summed E-state index contributed by atoms with van der Waals surface area (Å²) >= 11 is 0. The SMILES string of the molecule is C[C@H]1CC[C@@]2(OC1)O[C@H]1C[C@H]3[C@@H]4CC[C@@H]5CC(NC(=O)CCN6CCN(C)CC6)CC[C@]5(C)[C@H]4CC[C@]3(C)[C@H]1[C@@H]2C. The Morgan fingerprint density at radius 3 is 2.44 bits per heavy atom. The summed E-state index contributed by atoms with van der Waals surface area (Å²) in [6.45, 7) is 16.3. The minimum atomic E-state index is -0.302. The van der Waals surface area contributed by atoms with Crippen molar-refractivity contribution in [3.63, 3.8) is 0 Å². The number of hydrogen-bond donors (Lipinski definition) is 1. The number of likely N-dealkylation sites (N-methyl/N-ethyl adjacent to an activating group) is 1. The molecule has 4 saturated carbocycles. The fourth-order valence-electron chi connectivity index (χ4n) is 12.0. The fraction of sp³-hybridized carbons (Fsp3) is 0.971. The number of carbonyl (C=O) groups excluding carboxylic acids is 1. The summed E-state index contributed by atoms with van der Waals surface area (Å²) in [5.41, 5.74) is 0.846. The van der Waals surface area contributed by atoms with Crippen LogP contribution in [0, 0.1) is 52.3 Å². The molecule has 0 aromatic rings. The topological polar surface area (TPSA) is 54.0 Å². The molecule has 1 unspecified atom stereocenters. The lowest BCUT2D eigenvalue weighted by atomic mass is 9.44. The molecule has 1 spiro atoms. The number of nitrogens with one attached hydrogen (secondary N) is 1. The molecule has 7 fully saturated rings. The highest BCUT2D eigenvalue weighted by Gasteiger charge is 2.69. The van der Waals surface area contributed by atoms with Crippen LogP contribution in [0.15, 0.2) is 0 Å². The number of fused-ring (bicyclic) bond motifs is 7. The third-order valence-corrected chi connectivity index (χ3v) is 14.5. The van der Waals surface area contributed by atoms with Gasteiger partial charge in [-0.25, -0.2) is 0 Å². The van der Waals surface area contributed by atoms with Crippen LogP contribution in [0.4, 0.5) is 0 Å². The predicted molar refractivity (Wildman–Crippen MR) is 162 cm³/mol. The van der Waals surface area contributed by atoms with Gasteiger partial charge < -0.3 is 24.6 Å². The Hall–Kier alpha value is -0.690. The second-order valence-electron chi connectivity index (χ2n) is 16.6. The molecule has 0 aromatic heterocycles. The van der Waals surface area contributed by atoms with E-state index in [4.69, 9.17) is 9.47 Å². The molecule has 0 bridgehead atoms. The Balaban J connectivity index is 0.964. The van der Waals surface area contributed by atoms with Crippen molar-refractivity contribution in [3.8, 4) is 0 Å². The quantitative estimate of drug-likeness (QED) is 0.481. The van der Waals surface area contributed by atoms with Crippen LogP contribution < -0.4 is 5.32 Å².